The molecule has 0 fully saturated rings. The summed E-state index contributed by atoms with van der Waals surface area (Å²) in [5.41, 5.74) is -3.26. The second-order valence-electron chi connectivity index (χ2n) is 6.96. The van der Waals surface area contributed by atoms with Crippen LogP contribution in [0, 0.1) is 22.7 Å². The standard InChI is InChI=1S/C22H26N4O6/c1-5-31-19(29)21(13-23,25-15(3)27)11-17-9-7-8-10-18(17)12-22(14-24,26-16(4)28)20(30)32-6-2/h7-10H,5-6,11-12H2,1-4H3,(H,25,27)(H,26,28)/t21-,22+. The van der Waals surface area contributed by atoms with Crippen LogP contribution in [0.3, 0.4) is 0 Å². The molecule has 2 N–H and O–H groups in total. The van der Waals surface area contributed by atoms with Gasteiger partial charge >= 0.3 is 11.9 Å². The van der Waals surface area contributed by atoms with Gasteiger partial charge in [-0.3, -0.25) is 9.59 Å². The number of hydrogen-bond donors (Lipinski definition) is 2. The van der Waals surface area contributed by atoms with E-state index in [1.165, 1.54) is 0 Å². The van der Waals surface area contributed by atoms with Gasteiger partial charge in [-0.25, -0.2) is 9.59 Å². The van der Waals surface area contributed by atoms with Gasteiger partial charge in [-0.15, -0.1) is 0 Å². The Labute approximate surface area is 186 Å². The summed E-state index contributed by atoms with van der Waals surface area (Å²) in [6, 6.07) is 10.1. The molecule has 170 valence electrons. The number of carbonyl (C=O) groups is 4. The SMILES string of the molecule is CCOC(=O)[C@@](C#N)(Cc1ccccc1C[C@](C#N)(NC(C)=O)C(=O)OCC)NC(C)=O. The lowest BCUT2D eigenvalue weighted by atomic mass is 9.84. The van der Waals surface area contributed by atoms with E-state index in [0.29, 0.717) is 11.1 Å². The maximum atomic E-state index is 12.6. The van der Waals surface area contributed by atoms with Gasteiger partial charge in [0.15, 0.2) is 0 Å². The third-order valence-electron chi connectivity index (χ3n) is 4.44. The zero-order chi connectivity index (χ0) is 24.4. The number of benzene rings is 1. The first kappa shape index (κ1) is 26.1. The summed E-state index contributed by atoms with van der Waals surface area (Å²) < 4.78 is 9.99. The molecular formula is C22H26N4O6. The van der Waals surface area contributed by atoms with Crippen LogP contribution in [0.1, 0.15) is 38.8 Å². The molecule has 0 aliphatic rings. The molecule has 0 saturated carbocycles. The summed E-state index contributed by atoms with van der Waals surface area (Å²) in [5.74, 6) is -3.11. The summed E-state index contributed by atoms with van der Waals surface area (Å²) in [6.45, 7) is 5.44. The normalized spacial score (nSPS) is 13.8. The predicted molar refractivity (Wildman–Crippen MR) is 111 cm³/mol. The van der Waals surface area contributed by atoms with Crippen molar-refractivity contribution in [1.82, 2.24) is 10.6 Å². The molecule has 10 nitrogen and oxygen atoms in total. The number of nitrogens with one attached hydrogen (secondary N) is 2. The number of hydrogen-bond acceptors (Lipinski definition) is 8. The molecule has 0 radical (unpaired) electrons. The Bertz CT molecular complexity index is 887. The van der Waals surface area contributed by atoms with E-state index in [2.05, 4.69) is 10.6 Å². The first-order valence-corrected chi connectivity index (χ1v) is 9.91. The molecule has 0 unspecified atom stereocenters. The van der Waals surface area contributed by atoms with E-state index in [0.717, 1.165) is 13.8 Å². The smallest absolute Gasteiger partial charge is 0.347 e. The monoisotopic (exact) mass is 442 g/mol. The predicted octanol–water partition coefficient (Wildman–Crippen LogP) is 0.695. The molecule has 32 heavy (non-hydrogen) atoms. The zero-order valence-corrected chi connectivity index (χ0v) is 18.5. The first-order chi connectivity index (χ1) is 15.1. The van der Waals surface area contributed by atoms with Crippen LogP contribution in [-0.4, -0.2) is 48.0 Å². The molecule has 0 aliphatic carbocycles. The van der Waals surface area contributed by atoms with Crippen LogP contribution in [0.25, 0.3) is 0 Å². The third-order valence-corrected chi connectivity index (χ3v) is 4.44. The van der Waals surface area contributed by atoms with E-state index in [1.807, 2.05) is 12.1 Å². The van der Waals surface area contributed by atoms with Crippen LogP contribution < -0.4 is 10.6 Å². The highest BCUT2D eigenvalue weighted by atomic mass is 16.5. The van der Waals surface area contributed by atoms with Gasteiger partial charge in [0, 0.05) is 26.7 Å². The van der Waals surface area contributed by atoms with Crippen molar-refractivity contribution in [3.05, 3.63) is 35.4 Å². The number of rotatable bonds is 10. The summed E-state index contributed by atoms with van der Waals surface area (Å²) in [7, 11) is 0. The number of nitriles is 2. The van der Waals surface area contributed by atoms with Crippen LogP contribution >= 0.6 is 0 Å². The molecule has 1 aromatic rings. The number of carbonyl (C=O) groups excluding carboxylic acids is 4. The van der Waals surface area contributed by atoms with Crippen molar-refractivity contribution >= 4 is 23.8 Å². The van der Waals surface area contributed by atoms with Crippen molar-refractivity contribution < 1.29 is 28.7 Å². The molecule has 1 aromatic carbocycles. The minimum absolute atomic E-state index is 0.00751. The maximum absolute atomic E-state index is 12.6. The summed E-state index contributed by atoms with van der Waals surface area (Å²) in [6.07, 6.45) is -0.578. The lowest BCUT2D eigenvalue weighted by Gasteiger charge is -2.28. The highest BCUT2D eigenvalue weighted by Crippen LogP contribution is 2.24. The van der Waals surface area contributed by atoms with Gasteiger partial charge in [-0.05, 0) is 25.0 Å². The highest BCUT2D eigenvalue weighted by molar-refractivity contribution is 5.91. The Balaban J connectivity index is 3.52. The van der Waals surface area contributed by atoms with E-state index in [1.54, 1.807) is 38.1 Å². The molecule has 2 atom stereocenters. The van der Waals surface area contributed by atoms with Gasteiger partial charge in [0.2, 0.25) is 22.9 Å². The molecular weight excluding hydrogens is 416 g/mol. The van der Waals surface area contributed by atoms with E-state index >= 15 is 0 Å². The highest BCUT2D eigenvalue weighted by Gasteiger charge is 2.45. The summed E-state index contributed by atoms with van der Waals surface area (Å²) >= 11 is 0. The summed E-state index contributed by atoms with van der Waals surface area (Å²) in [4.78, 5) is 48.6. The fourth-order valence-electron chi connectivity index (χ4n) is 3.14. The maximum Gasteiger partial charge on any atom is 0.347 e. The fraction of sp³-hybridized carbons (Fsp3) is 0.455. The molecule has 0 spiro atoms. The molecule has 0 bridgehead atoms. The van der Waals surface area contributed by atoms with Gasteiger partial charge in [0.25, 0.3) is 0 Å². The third kappa shape index (κ3) is 6.29. The molecule has 0 saturated heterocycles. The number of amides is 2. The minimum atomic E-state index is -2.02. The van der Waals surface area contributed by atoms with Crippen molar-refractivity contribution in [3.8, 4) is 12.1 Å². The van der Waals surface area contributed by atoms with Crippen LogP contribution in [0.2, 0.25) is 0 Å². The second kappa shape index (κ2) is 11.5. The van der Waals surface area contributed by atoms with Gasteiger partial charge in [0.05, 0.1) is 13.2 Å². The van der Waals surface area contributed by atoms with Gasteiger partial charge in [-0.1, -0.05) is 24.3 Å². The number of esters is 2. The van der Waals surface area contributed by atoms with Gasteiger partial charge < -0.3 is 20.1 Å². The van der Waals surface area contributed by atoms with E-state index in [9.17, 15) is 29.7 Å². The molecule has 1 rings (SSSR count). The Morgan fingerprint density at radius 3 is 1.41 bits per heavy atom. The quantitative estimate of drug-likeness (QED) is 0.501. The molecule has 2 amide bonds. The van der Waals surface area contributed by atoms with E-state index in [4.69, 9.17) is 9.47 Å². The second-order valence-corrected chi connectivity index (χ2v) is 6.96. The Morgan fingerprint density at radius 2 is 1.16 bits per heavy atom. The summed E-state index contributed by atoms with van der Waals surface area (Å²) in [5, 5.41) is 24.3. The van der Waals surface area contributed by atoms with Crippen molar-refractivity contribution in [1.29, 1.82) is 10.5 Å². The van der Waals surface area contributed by atoms with Crippen molar-refractivity contribution in [2.75, 3.05) is 13.2 Å². The molecule has 0 heterocycles. The van der Waals surface area contributed by atoms with E-state index in [-0.39, 0.29) is 26.1 Å². The molecule has 10 heteroatoms. The van der Waals surface area contributed by atoms with Crippen LogP contribution in [0.15, 0.2) is 24.3 Å². The van der Waals surface area contributed by atoms with Crippen LogP contribution in [0.5, 0.6) is 0 Å². The molecule has 0 aromatic heterocycles. The van der Waals surface area contributed by atoms with Crippen molar-refractivity contribution in [2.45, 2.75) is 51.6 Å². The largest absolute Gasteiger partial charge is 0.463 e. The number of nitrogens with zero attached hydrogens (tertiary/aromatic N) is 2. The molecule has 0 aliphatic heterocycles. The van der Waals surface area contributed by atoms with Gasteiger partial charge in [0.1, 0.15) is 12.1 Å². The van der Waals surface area contributed by atoms with E-state index < -0.39 is 34.8 Å². The average Bonchev–Trinajstić information content (AvgIpc) is 2.73. The van der Waals surface area contributed by atoms with Crippen LogP contribution in [-0.2, 0) is 41.5 Å². The fourth-order valence-corrected chi connectivity index (χ4v) is 3.14. The topological polar surface area (TPSA) is 158 Å². The minimum Gasteiger partial charge on any atom is -0.463 e. The van der Waals surface area contributed by atoms with Crippen LogP contribution in [0.4, 0.5) is 0 Å². The zero-order valence-electron chi connectivity index (χ0n) is 18.5. The average molecular weight is 442 g/mol. The lowest BCUT2D eigenvalue weighted by Crippen LogP contribution is -2.56. The van der Waals surface area contributed by atoms with Crippen molar-refractivity contribution in [3.63, 3.8) is 0 Å². The lowest BCUT2D eigenvalue weighted by molar-refractivity contribution is -0.151. The Morgan fingerprint density at radius 1 is 0.812 bits per heavy atom. The Hall–Kier alpha value is -3.92. The first-order valence-electron chi connectivity index (χ1n) is 9.91. The Kier molecular flexibility index (Phi) is 9.36. The van der Waals surface area contributed by atoms with Crippen molar-refractivity contribution in [2.24, 2.45) is 0 Å². The van der Waals surface area contributed by atoms with Gasteiger partial charge in [-0.2, -0.15) is 10.5 Å². The number of ether oxygens (including phenoxy) is 2.